The number of hydrogen-bond acceptors (Lipinski definition) is 3. The number of benzene rings is 1. The minimum atomic E-state index is -0.579. The van der Waals surface area contributed by atoms with Crippen molar-refractivity contribution in [2.75, 3.05) is 0 Å². The lowest BCUT2D eigenvalue weighted by molar-refractivity contribution is -0.577. The molecule has 5 nitrogen and oxygen atoms in total. The van der Waals surface area contributed by atoms with Gasteiger partial charge in [0.05, 0.1) is 10.3 Å². The molecule has 0 atom stereocenters. The highest BCUT2D eigenvalue weighted by molar-refractivity contribution is 6.37. The van der Waals surface area contributed by atoms with Crippen molar-refractivity contribution in [3.8, 4) is 0 Å². The van der Waals surface area contributed by atoms with Crippen LogP contribution in [-0.4, -0.2) is 4.92 Å². The van der Waals surface area contributed by atoms with E-state index >= 15 is 0 Å². The molecule has 1 heterocycles. The first-order valence-corrected chi connectivity index (χ1v) is 4.44. The Balaban J connectivity index is 2.86. The maximum atomic E-state index is 11.3. The van der Waals surface area contributed by atoms with Gasteiger partial charge in [0.25, 0.3) is 5.69 Å². The fourth-order valence-corrected chi connectivity index (χ4v) is 1.65. The Morgan fingerprint density at radius 3 is 2.73 bits per heavy atom. The van der Waals surface area contributed by atoms with E-state index in [0.717, 1.165) is 0 Å². The van der Waals surface area contributed by atoms with E-state index in [1.807, 2.05) is 0 Å². The van der Waals surface area contributed by atoms with Crippen molar-refractivity contribution < 1.29 is 9.65 Å². The summed E-state index contributed by atoms with van der Waals surface area (Å²) in [6.07, 6.45) is 1.31. The lowest BCUT2D eigenvalue weighted by Gasteiger charge is -2.02. The molecule has 0 saturated heterocycles. The van der Waals surface area contributed by atoms with Gasteiger partial charge in [-0.05, 0) is 6.07 Å². The lowest BCUT2D eigenvalue weighted by Crippen LogP contribution is -2.25. The molecule has 76 valence electrons. The van der Waals surface area contributed by atoms with Crippen LogP contribution in [0.2, 0.25) is 5.02 Å². The van der Waals surface area contributed by atoms with Gasteiger partial charge >= 0.3 is 0 Å². The molecule has 0 aliphatic rings. The number of nitrogens with zero attached hydrogens (tertiary/aromatic N) is 2. The molecule has 6 heteroatoms. The SMILES string of the molecule is O=[N+]([O-])c1ccc2c(ccc[n+]2[O-])c1Cl. The molecule has 1 aromatic heterocycles. The molecule has 0 amide bonds. The van der Waals surface area contributed by atoms with Crippen LogP contribution >= 0.6 is 11.6 Å². The summed E-state index contributed by atoms with van der Waals surface area (Å²) in [6.45, 7) is 0. The highest BCUT2D eigenvalue weighted by Gasteiger charge is 2.17. The molecule has 0 bridgehead atoms. The summed E-state index contributed by atoms with van der Waals surface area (Å²) in [5.74, 6) is 0. The van der Waals surface area contributed by atoms with E-state index < -0.39 is 4.92 Å². The van der Waals surface area contributed by atoms with E-state index in [9.17, 15) is 15.3 Å². The number of pyridine rings is 1. The minimum Gasteiger partial charge on any atom is -0.618 e. The van der Waals surface area contributed by atoms with E-state index in [1.165, 1.54) is 24.4 Å². The van der Waals surface area contributed by atoms with Crippen LogP contribution in [0, 0.1) is 15.3 Å². The van der Waals surface area contributed by atoms with E-state index in [0.29, 0.717) is 15.6 Å². The summed E-state index contributed by atoms with van der Waals surface area (Å²) >= 11 is 5.81. The highest BCUT2D eigenvalue weighted by Crippen LogP contribution is 2.30. The monoisotopic (exact) mass is 224 g/mol. The molecule has 0 radical (unpaired) electrons. The normalized spacial score (nSPS) is 10.5. The van der Waals surface area contributed by atoms with Crippen LogP contribution in [0.3, 0.4) is 0 Å². The molecule has 0 N–H and O–H groups in total. The first-order chi connectivity index (χ1) is 7.11. The average Bonchev–Trinajstić information content (AvgIpc) is 2.19. The molecule has 2 rings (SSSR count). The average molecular weight is 225 g/mol. The van der Waals surface area contributed by atoms with Gasteiger partial charge in [-0.3, -0.25) is 10.1 Å². The number of halogens is 1. The van der Waals surface area contributed by atoms with Crippen molar-refractivity contribution in [2.45, 2.75) is 0 Å². The molecular formula is C9H5ClN2O3. The Kier molecular flexibility index (Phi) is 2.17. The number of nitro groups is 1. The Hall–Kier alpha value is -1.88. The third-order valence-corrected chi connectivity index (χ3v) is 2.45. The second-order valence-electron chi connectivity index (χ2n) is 2.92. The van der Waals surface area contributed by atoms with Gasteiger partial charge in [-0.1, -0.05) is 11.6 Å². The zero-order valence-electron chi connectivity index (χ0n) is 7.38. The molecule has 0 fully saturated rings. The quantitative estimate of drug-likeness (QED) is 0.322. The Bertz CT molecular complexity index is 556. The molecule has 1 aromatic carbocycles. The minimum absolute atomic E-state index is 0.0114. The highest BCUT2D eigenvalue weighted by atomic mass is 35.5. The Labute approximate surface area is 89.2 Å². The van der Waals surface area contributed by atoms with E-state index in [1.54, 1.807) is 6.07 Å². The standard InChI is InChI=1S/C9H5ClN2O3/c10-9-6-2-1-5-11(13)7(6)3-4-8(9)12(14)15/h1-5H. The second-order valence-corrected chi connectivity index (χ2v) is 3.30. The van der Waals surface area contributed by atoms with Crippen LogP contribution in [-0.2, 0) is 0 Å². The molecule has 15 heavy (non-hydrogen) atoms. The van der Waals surface area contributed by atoms with Crippen molar-refractivity contribution in [3.63, 3.8) is 0 Å². The molecule has 0 saturated carbocycles. The number of hydrogen-bond donors (Lipinski definition) is 0. The van der Waals surface area contributed by atoms with Crippen molar-refractivity contribution in [1.29, 1.82) is 0 Å². The van der Waals surface area contributed by atoms with Crippen molar-refractivity contribution in [1.82, 2.24) is 0 Å². The van der Waals surface area contributed by atoms with E-state index in [-0.39, 0.29) is 10.7 Å². The lowest BCUT2D eigenvalue weighted by atomic mass is 10.2. The van der Waals surface area contributed by atoms with Crippen LogP contribution in [0.15, 0.2) is 30.5 Å². The third-order valence-electron chi connectivity index (χ3n) is 2.05. The van der Waals surface area contributed by atoms with Gasteiger partial charge < -0.3 is 5.21 Å². The first-order valence-electron chi connectivity index (χ1n) is 4.06. The van der Waals surface area contributed by atoms with Crippen LogP contribution in [0.4, 0.5) is 5.69 Å². The third kappa shape index (κ3) is 1.46. The number of fused-ring (bicyclic) bond motifs is 1. The van der Waals surface area contributed by atoms with Crippen LogP contribution in [0.1, 0.15) is 0 Å². The van der Waals surface area contributed by atoms with Crippen molar-refractivity contribution >= 4 is 28.2 Å². The van der Waals surface area contributed by atoms with Gasteiger partial charge in [-0.25, -0.2) is 0 Å². The molecule has 0 aliphatic carbocycles. The number of rotatable bonds is 1. The number of nitro benzene ring substituents is 1. The smallest absolute Gasteiger partial charge is 0.289 e. The summed E-state index contributed by atoms with van der Waals surface area (Å²) in [5.41, 5.74) is 0.114. The Morgan fingerprint density at radius 2 is 2.07 bits per heavy atom. The summed E-state index contributed by atoms with van der Waals surface area (Å²) in [6, 6.07) is 5.66. The van der Waals surface area contributed by atoms with Crippen LogP contribution in [0.5, 0.6) is 0 Å². The fraction of sp³-hybridized carbons (Fsp3) is 0. The van der Waals surface area contributed by atoms with Crippen LogP contribution < -0.4 is 4.73 Å². The van der Waals surface area contributed by atoms with Crippen molar-refractivity contribution in [3.05, 3.63) is 50.8 Å². The van der Waals surface area contributed by atoms with Crippen LogP contribution in [0.25, 0.3) is 10.9 Å². The molecule has 0 unspecified atom stereocenters. The van der Waals surface area contributed by atoms with Gasteiger partial charge in [0.2, 0.25) is 5.52 Å². The zero-order chi connectivity index (χ0) is 11.0. The summed E-state index contributed by atoms with van der Waals surface area (Å²) in [4.78, 5) is 10.0. The fourth-order valence-electron chi connectivity index (χ4n) is 1.36. The Morgan fingerprint density at radius 1 is 1.33 bits per heavy atom. The summed E-state index contributed by atoms with van der Waals surface area (Å²) in [7, 11) is 0. The molecule has 0 spiro atoms. The van der Waals surface area contributed by atoms with Gasteiger partial charge in [-0.2, -0.15) is 4.73 Å². The van der Waals surface area contributed by atoms with E-state index in [4.69, 9.17) is 11.6 Å². The van der Waals surface area contributed by atoms with Gasteiger partial charge in [0.1, 0.15) is 5.02 Å². The maximum Gasteiger partial charge on any atom is 0.289 e. The van der Waals surface area contributed by atoms with Gasteiger partial charge in [0, 0.05) is 18.2 Å². The zero-order valence-corrected chi connectivity index (χ0v) is 8.14. The predicted molar refractivity (Wildman–Crippen MR) is 54.6 cm³/mol. The summed E-state index contributed by atoms with van der Waals surface area (Å²) < 4.78 is 0.616. The van der Waals surface area contributed by atoms with Gasteiger partial charge in [-0.15, -0.1) is 0 Å². The van der Waals surface area contributed by atoms with E-state index in [2.05, 4.69) is 0 Å². The van der Waals surface area contributed by atoms with Gasteiger partial charge in [0.15, 0.2) is 6.20 Å². The van der Waals surface area contributed by atoms with Crippen molar-refractivity contribution in [2.24, 2.45) is 0 Å². The molecule has 0 aliphatic heterocycles. The largest absolute Gasteiger partial charge is 0.618 e. The predicted octanol–water partition coefficient (Wildman–Crippen LogP) is 2.03. The topological polar surface area (TPSA) is 70.1 Å². The first kappa shape index (κ1) is 9.67. The maximum absolute atomic E-state index is 11.3. The summed E-state index contributed by atoms with van der Waals surface area (Å²) in [5, 5.41) is 22.3. The second kappa shape index (κ2) is 3.36. The molecule has 2 aromatic rings. The number of aromatic nitrogens is 1. The molecular weight excluding hydrogens is 220 g/mol.